The number of amides is 2. The van der Waals surface area contributed by atoms with Crippen molar-refractivity contribution >= 4 is 23.6 Å². The van der Waals surface area contributed by atoms with Crippen LogP contribution in [0.4, 0.5) is 0 Å². The number of likely N-dealkylation sites (N-methyl/N-ethyl adjacent to an activating group) is 1. The maximum atomic E-state index is 12.9. The fraction of sp³-hybridized carbons (Fsp3) is 0.391. The largest absolute Gasteiger partial charge is 0.355 e. The van der Waals surface area contributed by atoms with Crippen molar-refractivity contribution in [3.8, 4) is 0 Å². The van der Waals surface area contributed by atoms with E-state index in [-0.39, 0.29) is 11.8 Å². The van der Waals surface area contributed by atoms with E-state index < -0.39 is 6.04 Å². The third-order valence-electron chi connectivity index (χ3n) is 4.62. The Morgan fingerprint density at radius 1 is 1.04 bits per heavy atom. The highest BCUT2D eigenvalue weighted by molar-refractivity contribution is 7.99. The molecule has 0 spiro atoms. The molecule has 0 fully saturated rings. The van der Waals surface area contributed by atoms with E-state index >= 15 is 0 Å². The molecule has 2 amide bonds. The summed E-state index contributed by atoms with van der Waals surface area (Å²) in [6.45, 7) is 6.85. The number of carbonyl (C=O) groups is 2. The summed E-state index contributed by atoms with van der Waals surface area (Å²) in [6.07, 6.45) is 0.735. The Kier molecular flexibility index (Phi) is 9.08. The van der Waals surface area contributed by atoms with Crippen molar-refractivity contribution < 1.29 is 9.59 Å². The molecule has 2 aromatic rings. The van der Waals surface area contributed by atoms with Gasteiger partial charge in [0.2, 0.25) is 11.8 Å². The molecule has 4 nitrogen and oxygen atoms in total. The number of aryl methyl sites for hydroxylation is 1. The zero-order valence-electron chi connectivity index (χ0n) is 17.0. The minimum atomic E-state index is -0.476. The maximum Gasteiger partial charge on any atom is 0.242 e. The van der Waals surface area contributed by atoms with E-state index in [4.69, 9.17) is 0 Å². The Bertz CT molecular complexity index is 747. The smallest absolute Gasteiger partial charge is 0.242 e. The molecule has 1 N–H and O–H groups in total. The fourth-order valence-corrected chi connectivity index (χ4v) is 3.79. The van der Waals surface area contributed by atoms with Gasteiger partial charge >= 0.3 is 0 Å². The summed E-state index contributed by atoms with van der Waals surface area (Å²) in [4.78, 5) is 26.9. The topological polar surface area (TPSA) is 49.4 Å². The van der Waals surface area contributed by atoms with Crippen LogP contribution < -0.4 is 5.32 Å². The predicted molar refractivity (Wildman–Crippen MR) is 117 cm³/mol. The van der Waals surface area contributed by atoms with Gasteiger partial charge in [-0.3, -0.25) is 9.59 Å². The molecule has 28 heavy (non-hydrogen) atoms. The van der Waals surface area contributed by atoms with Gasteiger partial charge in [-0.2, -0.15) is 0 Å². The zero-order valence-corrected chi connectivity index (χ0v) is 17.8. The lowest BCUT2D eigenvalue weighted by molar-refractivity contribution is -0.137. The molecule has 0 saturated heterocycles. The van der Waals surface area contributed by atoms with Crippen molar-refractivity contribution in [3.63, 3.8) is 0 Å². The molecule has 0 aromatic heterocycles. The average Bonchev–Trinajstić information content (AvgIpc) is 2.70. The van der Waals surface area contributed by atoms with Crippen molar-refractivity contribution in [3.05, 3.63) is 71.3 Å². The first-order valence-corrected chi connectivity index (χ1v) is 10.9. The second-order valence-electron chi connectivity index (χ2n) is 6.87. The van der Waals surface area contributed by atoms with Gasteiger partial charge in [-0.1, -0.05) is 60.2 Å². The third-order valence-corrected chi connectivity index (χ3v) is 5.61. The summed E-state index contributed by atoms with van der Waals surface area (Å²) >= 11 is 1.59. The van der Waals surface area contributed by atoms with Crippen molar-refractivity contribution in [2.75, 3.05) is 18.8 Å². The number of rotatable bonds is 10. The van der Waals surface area contributed by atoms with E-state index in [2.05, 4.69) is 36.5 Å². The van der Waals surface area contributed by atoms with Crippen LogP contribution in [0.2, 0.25) is 0 Å². The number of hydrogen-bond acceptors (Lipinski definition) is 3. The van der Waals surface area contributed by atoms with Crippen LogP contribution in [0.25, 0.3) is 0 Å². The minimum absolute atomic E-state index is 0.00629. The second kappa shape index (κ2) is 11.5. The number of nitrogens with zero attached hydrogens (tertiary/aromatic N) is 1. The molecular formula is C23H30N2O2S. The summed E-state index contributed by atoms with van der Waals surface area (Å²) in [5, 5.41) is 2.83. The van der Waals surface area contributed by atoms with Crippen LogP contribution in [-0.4, -0.2) is 41.6 Å². The van der Waals surface area contributed by atoms with Gasteiger partial charge in [0.25, 0.3) is 0 Å². The van der Waals surface area contributed by atoms with Crippen molar-refractivity contribution in [1.82, 2.24) is 10.2 Å². The van der Waals surface area contributed by atoms with Gasteiger partial charge in [-0.05, 0) is 38.3 Å². The molecule has 0 aliphatic carbocycles. The van der Waals surface area contributed by atoms with Gasteiger partial charge in [-0.25, -0.2) is 0 Å². The monoisotopic (exact) mass is 398 g/mol. The van der Waals surface area contributed by atoms with E-state index in [0.29, 0.717) is 18.8 Å². The molecule has 150 valence electrons. The van der Waals surface area contributed by atoms with Crippen molar-refractivity contribution in [2.45, 2.75) is 39.0 Å². The Balaban J connectivity index is 1.96. The van der Waals surface area contributed by atoms with E-state index in [1.54, 1.807) is 23.6 Å². The predicted octanol–water partition coefficient (Wildman–Crippen LogP) is 3.82. The molecule has 0 aliphatic heterocycles. The summed E-state index contributed by atoms with van der Waals surface area (Å²) < 4.78 is 0. The van der Waals surface area contributed by atoms with Crippen LogP contribution in [-0.2, 0) is 21.8 Å². The molecule has 1 unspecified atom stereocenters. The lowest BCUT2D eigenvalue weighted by atomic mass is 10.1. The lowest BCUT2D eigenvalue weighted by Crippen LogP contribution is -2.49. The molecule has 0 bridgehead atoms. The second-order valence-corrected chi connectivity index (χ2v) is 7.86. The third kappa shape index (κ3) is 7.04. The highest BCUT2D eigenvalue weighted by Gasteiger charge is 2.25. The van der Waals surface area contributed by atoms with Gasteiger partial charge in [0.05, 0.1) is 5.75 Å². The van der Waals surface area contributed by atoms with E-state index in [1.807, 2.05) is 37.3 Å². The number of carbonyl (C=O) groups excluding carboxylic acids is 2. The van der Waals surface area contributed by atoms with Gasteiger partial charge in [0, 0.05) is 18.8 Å². The number of benzene rings is 2. The Hall–Kier alpha value is -2.27. The summed E-state index contributed by atoms with van der Waals surface area (Å²) in [6, 6.07) is 17.9. The molecule has 2 rings (SSSR count). The highest BCUT2D eigenvalue weighted by Crippen LogP contribution is 2.15. The molecule has 1 atom stereocenters. The molecule has 0 aliphatic rings. The SMILES string of the molecule is CCNC(=O)C(C)N(CCc1ccccc1)C(=O)CSCc1ccc(C)cc1. The quantitative estimate of drug-likeness (QED) is 0.662. The normalized spacial score (nSPS) is 11.7. The van der Waals surface area contributed by atoms with Crippen molar-refractivity contribution in [2.24, 2.45) is 0 Å². The van der Waals surface area contributed by atoms with Crippen LogP contribution in [0.15, 0.2) is 54.6 Å². The highest BCUT2D eigenvalue weighted by atomic mass is 32.2. The van der Waals surface area contributed by atoms with Crippen LogP contribution in [0.1, 0.15) is 30.5 Å². The van der Waals surface area contributed by atoms with Gasteiger partial charge in [0.1, 0.15) is 6.04 Å². The summed E-state index contributed by atoms with van der Waals surface area (Å²) in [5.41, 5.74) is 3.60. The molecule has 0 heterocycles. The first-order chi connectivity index (χ1) is 13.5. The molecule has 0 radical (unpaired) electrons. The molecule has 2 aromatic carbocycles. The fourth-order valence-electron chi connectivity index (χ4n) is 2.92. The summed E-state index contributed by atoms with van der Waals surface area (Å²) in [7, 11) is 0. The first kappa shape index (κ1) is 22.0. The standard InChI is InChI=1S/C23H30N2O2S/c1-4-24-23(27)19(3)25(15-14-20-8-6-5-7-9-20)22(26)17-28-16-21-12-10-18(2)11-13-21/h5-13,19H,4,14-17H2,1-3H3,(H,24,27). The lowest BCUT2D eigenvalue weighted by Gasteiger charge is -2.28. The Labute approximate surface area is 172 Å². The molecule has 5 heteroatoms. The summed E-state index contributed by atoms with van der Waals surface area (Å²) in [5.74, 6) is 1.06. The van der Waals surface area contributed by atoms with Gasteiger partial charge in [0.15, 0.2) is 0 Å². The van der Waals surface area contributed by atoms with Crippen LogP contribution in [0.3, 0.4) is 0 Å². The van der Waals surface area contributed by atoms with Gasteiger partial charge in [-0.15, -0.1) is 11.8 Å². The Morgan fingerprint density at radius 2 is 1.71 bits per heavy atom. The van der Waals surface area contributed by atoms with Crippen LogP contribution >= 0.6 is 11.8 Å². The zero-order chi connectivity index (χ0) is 20.4. The average molecular weight is 399 g/mol. The van der Waals surface area contributed by atoms with E-state index in [9.17, 15) is 9.59 Å². The van der Waals surface area contributed by atoms with Gasteiger partial charge < -0.3 is 10.2 Å². The molecule has 0 saturated carbocycles. The number of thioether (sulfide) groups is 1. The first-order valence-electron chi connectivity index (χ1n) is 9.75. The number of hydrogen-bond donors (Lipinski definition) is 1. The van der Waals surface area contributed by atoms with Crippen LogP contribution in [0.5, 0.6) is 0 Å². The molecular weight excluding hydrogens is 368 g/mol. The van der Waals surface area contributed by atoms with Crippen molar-refractivity contribution in [1.29, 1.82) is 0 Å². The maximum absolute atomic E-state index is 12.9. The van der Waals surface area contributed by atoms with E-state index in [0.717, 1.165) is 17.7 Å². The van der Waals surface area contributed by atoms with Crippen LogP contribution in [0, 0.1) is 6.92 Å². The van der Waals surface area contributed by atoms with E-state index in [1.165, 1.54) is 11.1 Å². The Morgan fingerprint density at radius 3 is 2.36 bits per heavy atom. The number of nitrogens with one attached hydrogen (secondary N) is 1. The minimum Gasteiger partial charge on any atom is -0.355 e.